The minimum absolute atomic E-state index is 0.0177. The number of hydrogen-bond acceptors (Lipinski definition) is 4. The van der Waals surface area contributed by atoms with E-state index in [1.165, 1.54) is 12.8 Å². The van der Waals surface area contributed by atoms with Gasteiger partial charge >= 0.3 is 0 Å². The Kier molecular flexibility index (Phi) is 6.08. The zero-order valence-corrected chi connectivity index (χ0v) is 17.9. The van der Waals surface area contributed by atoms with Gasteiger partial charge in [0.05, 0.1) is 23.8 Å². The van der Waals surface area contributed by atoms with Gasteiger partial charge in [0.2, 0.25) is 0 Å². The summed E-state index contributed by atoms with van der Waals surface area (Å²) in [5.41, 5.74) is 1.78. The summed E-state index contributed by atoms with van der Waals surface area (Å²) in [6.45, 7) is 3.94. The van der Waals surface area contributed by atoms with E-state index in [4.69, 9.17) is 14.7 Å². The fraction of sp³-hybridized carbons (Fsp3) is 0.308. The molecule has 0 heterocycles. The highest BCUT2D eigenvalue weighted by atomic mass is 16.5. The number of rotatable bonds is 6. The average molecular weight is 415 g/mol. The maximum absolute atomic E-state index is 12.9. The molecule has 1 aliphatic carbocycles. The lowest BCUT2D eigenvalue weighted by molar-refractivity contribution is 0.102. The van der Waals surface area contributed by atoms with Gasteiger partial charge in [0.15, 0.2) is 0 Å². The summed E-state index contributed by atoms with van der Waals surface area (Å²) in [7, 11) is 0. The van der Waals surface area contributed by atoms with Crippen LogP contribution >= 0.6 is 0 Å². The van der Waals surface area contributed by atoms with Crippen LogP contribution in [0.25, 0.3) is 10.8 Å². The van der Waals surface area contributed by atoms with Crippen molar-refractivity contribution in [1.29, 1.82) is 5.26 Å². The van der Waals surface area contributed by atoms with Crippen molar-refractivity contribution < 1.29 is 14.3 Å². The topological polar surface area (TPSA) is 71.3 Å². The van der Waals surface area contributed by atoms with E-state index >= 15 is 0 Å². The molecule has 0 saturated heterocycles. The van der Waals surface area contributed by atoms with Gasteiger partial charge in [-0.15, -0.1) is 0 Å². The Balaban J connectivity index is 1.57. The van der Waals surface area contributed by atoms with Crippen LogP contribution in [-0.2, 0) is 0 Å². The number of carbonyl (C=O) groups excluding carboxylic acids is 1. The molecule has 0 aromatic heterocycles. The van der Waals surface area contributed by atoms with E-state index in [2.05, 4.69) is 11.4 Å². The molecule has 3 aromatic rings. The number of anilines is 1. The second-order valence-electron chi connectivity index (χ2n) is 8.23. The van der Waals surface area contributed by atoms with Crippen molar-refractivity contribution in [3.8, 4) is 17.6 Å². The van der Waals surface area contributed by atoms with Gasteiger partial charge in [0.1, 0.15) is 11.5 Å². The first-order valence-electron chi connectivity index (χ1n) is 10.7. The van der Waals surface area contributed by atoms with Crippen molar-refractivity contribution in [1.82, 2.24) is 0 Å². The Morgan fingerprint density at radius 2 is 1.71 bits per heavy atom. The lowest BCUT2D eigenvalue weighted by Gasteiger charge is -2.17. The largest absolute Gasteiger partial charge is 0.491 e. The highest BCUT2D eigenvalue weighted by molar-refractivity contribution is 6.06. The lowest BCUT2D eigenvalue weighted by atomic mass is 10.0. The molecular weight excluding hydrogens is 388 g/mol. The van der Waals surface area contributed by atoms with Crippen molar-refractivity contribution in [3.05, 3.63) is 65.7 Å². The summed E-state index contributed by atoms with van der Waals surface area (Å²) in [5.74, 6) is 1.17. The van der Waals surface area contributed by atoms with Crippen LogP contribution in [0, 0.1) is 11.3 Å². The molecule has 3 aromatic carbocycles. The second-order valence-corrected chi connectivity index (χ2v) is 8.23. The number of fused-ring (bicyclic) bond motifs is 1. The van der Waals surface area contributed by atoms with E-state index in [9.17, 15) is 4.79 Å². The smallest absolute Gasteiger partial charge is 0.255 e. The van der Waals surface area contributed by atoms with Gasteiger partial charge in [-0.25, -0.2) is 0 Å². The van der Waals surface area contributed by atoms with Crippen LogP contribution in [0.3, 0.4) is 0 Å². The molecule has 0 bridgehead atoms. The quantitative estimate of drug-likeness (QED) is 0.531. The van der Waals surface area contributed by atoms with Crippen molar-refractivity contribution >= 4 is 22.4 Å². The predicted octanol–water partition coefficient (Wildman–Crippen LogP) is 6.07. The molecule has 1 fully saturated rings. The monoisotopic (exact) mass is 414 g/mol. The first-order chi connectivity index (χ1) is 15.0. The third kappa shape index (κ3) is 5.16. The fourth-order valence-corrected chi connectivity index (χ4v) is 3.91. The van der Waals surface area contributed by atoms with Crippen molar-refractivity contribution in [2.75, 3.05) is 5.32 Å². The van der Waals surface area contributed by atoms with Gasteiger partial charge in [0, 0.05) is 29.4 Å². The highest BCUT2D eigenvalue weighted by Gasteiger charge is 2.18. The van der Waals surface area contributed by atoms with Gasteiger partial charge in [-0.3, -0.25) is 4.79 Å². The normalized spacial score (nSPS) is 13.9. The second kappa shape index (κ2) is 9.09. The SMILES string of the molecule is CC(C)Oc1cc(NC(=O)c2ccc3cc(C#N)ccc3c2)cc(OC2CCCC2)c1. The van der Waals surface area contributed by atoms with Gasteiger partial charge in [-0.1, -0.05) is 12.1 Å². The summed E-state index contributed by atoms with van der Waals surface area (Å²) in [4.78, 5) is 12.9. The molecule has 0 radical (unpaired) electrons. The van der Waals surface area contributed by atoms with Crippen molar-refractivity contribution in [3.63, 3.8) is 0 Å². The van der Waals surface area contributed by atoms with Crippen LogP contribution in [0.5, 0.6) is 11.5 Å². The minimum atomic E-state index is -0.209. The summed E-state index contributed by atoms with van der Waals surface area (Å²) in [5, 5.41) is 13.9. The van der Waals surface area contributed by atoms with E-state index in [-0.39, 0.29) is 18.1 Å². The molecule has 5 nitrogen and oxygen atoms in total. The lowest BCUT2D eigenvalue weighted by Crippen LogP contribution is -2.14. The van der Waals surface area contributed by atoms with E-state index in [0.717, 1.165) is 23.6 Å². The Morgan fingerprint density at radius 1 is 1.00 bits per heavy atom. The molecule has 0 unspecified atom stereocenters. The van der Waals surface area contributed by atoms with Crippen molar-refractivity contribution in [2.24, 2.45) is 0 Å². The number of hydrogen-bond donors (Lipinski definition) is 1. The third-order valence-corrected chi connectivity index (χ3v) is 5.35. The molecule has 1 aliphatic rings. The maximum Gasteiger partial charge on any atom is 0.255 e. The molecule has 0 atom stereocenters. The summed E-state index contributed by atoms with van der Waals surface area (Å²) in [6, 6.07) is 18.6. The number of benzene rings is 3. The van der Waals surface area contributed by atoms with E-state index in [1.54, 1.807) is 12.1 Å². The highest BCUT2D eigenvalue weighted by Crippen LogP contribution is 2.31. The van der Waals surface area contributed by atoms with Gasteiger partial charge in [-0.05, 0) is 74.6 Å². The number of nitrogens with one attached hydrogen (secondary N) is 1. The summed E-state index contributed by atoms with van der Waals surface area (Å²) in [6.07, 6.45) is 4.73. The first-order valence-corrected chi connectivity index (χ1v) is 10.7. The Morgan fingerprint density at radius 3 is 2.45 bits per heavy atom. The number of carbonyl (C=O) groups is 1. The summed E-state index contributed by atoms with van der Waals surface area (Å²) >= 11 is 0. The molecule has 4 rings (SSSR count). The maximum atomic E-state index is 12.9. The molecule has 0 spiro atoms. The van der Waals surface area contributed by atoms with Crippen LogP contribution in [0.4, 0.5) is 5.69 Å². The van der Waals surface area contributed by atoms with Gasteiger partial charge < -0.3 is 14.8 Å². The van der Waals surface area contributed by atoms with Gasteiger partial charge in [0.25, 0.3) is 5.91 Å². The fourth-order valence-electron chi connectivity index (χ4n) is 3.91. The van der Waals surface area contributed by atoms with E-state index in [0.29, 0.717) is 28.3 Å². The number of nitrogens with zero attached hydrogens (tertiary/aromatic N) is 1. The Bertz CT molecular complexity index is 1140. The Hall–Kier alpha value is -3.52. The van der Waals surface area contributed by atoms with Gasteiger partial charge in [-0.2, -0.15) is 5.26 Å². The molecular formula is C26H26N2O3. The molecule has 31 heavy (non-hydrogen) atoms. The van der Waals surface area contributed by atoms with Crippen LogP contribution in [-0.4, -0.2) is 18.1 Å². The Labute approximate surface area is 182 Å². The van der Waals surface area contributed by atoms with Crippen LogP contribution in [0.1, 0.15) is 55.5 Å². The molecule has 1 amide bonds. The van der Waals surface area contributed by atoms with Crippen LogP contribution in [0.2, 0.25) is 0 Å². The molecule has 1 saturated carbocycles. The molecule has 1 N–H and O–H groups in total. The number of nitriles is 1. The third-order valence-electron chi connectivity index (χ3n) is 5.35. The minimum Gasteiger partial charge on any atom is -0.491 e. The van der Waals surface area contributed by atoms with Crippen LogP contribution in [0.15, 0.2) is 54.6 Å². The average Bonchev–Trinajstić information content (AvgIpc) is 3.25. The number of ether oxygens (including phenoxy) is 2. The first kappa shape index (κ1) is 20.7. The van der Waals surface area contributed by atoms with E-state index < -0.39 is 0 Å². The molecule has 5 heteroatoms. The molecule has 0 aliphatic heterocycles. The predicted molar refractivity (Wildman–Crippen MR) is 122 cm³/mol. The molecule has 158 valence electrons. The van der Waals surface area contributed by atoms with E-state index in [1.807, 2.05) is 56.3 Å². The number of amides is 1. The van der Waals surface area contributed by atoms with Crippen LogP contribution < -0.4 is 14.8 Å². The van der Waals surface area contributed by atoms with Crippen molar-refractivity contribution in [2.45, 2.75) is 51.7 Å². The summed E-state index contributed by atoms with van der Waals surface area (Å²) < 4.78 is 12.0. The zero-order chi connectivity index (χ0) is 21.8. The standard InChI is InChI=1S/C26H26N2O3/c1-17(2)30-24-13-22(14-25(15-24)31-23-5-3-4-6-23)28-26(29)21-10-9-19-11-18(16-27)7-8-20(19)12-21/h7-15,17,23H,3-6H2,1-2H3,(H,28,29). The zero-order valence-electron chi connectivity index (χ0n) is 17.9.